The van der Waals surface area contributed by atoms with Gasteiger partial charge in [-0.1, -0.05) is 33.8 Å². The van der Waals surface area contributed by atoms with Crippen LogP contribution in [0.2, 0.25) is 0 Å². The first-order valence-corrected chi connectivity index (χ1v) is 5.24. The van der Waals surface area contributed by atoms with Gasteiger partial charge in [-0.25, -0.2) is 4.98 Å². The molecular formula is C12H22N2. The predicted octanol–water partition coefficient (Wildman–Crippen LogP) is 3.30. The van der Waals surface area contributed by atoms with E-state index in [4.69, 9.17) is 0 Å². The van der Waals surface area contributed by atoms with Crippen LogP contribution in [0.15, 0.2) is 18.3 Å². The number of aromatic nitrogens is 1. The van der Waals surface area contributed by atoms with Gasteiger partial charge in [-0.05, 0) is 17.5 Å². The summed E-state index contributed by atoms with van der Waals surface area (Å²) in [6.45, 7) is 8.35. The first-order valence-electron chi connectivity index (χ1n) is 5.24. The van der Waals surface area contributed by atoms with Gasteiger partial charge in [0.25, 0.3) is 0 Å². The third-order valence-electron chi connectivity index (χ3n) is 1.90. The van der Waals surface area contributed by atoms with Crippen LogP contribution in [-0.2, 0) is 0 Å². The molecule has 0 radical (unpaired) electrons. The van der Waals surface area contributed by atoms with Gasteiger partial charge in [-0.3, -0.25) is 0 Å². The van der Waals surface area contributed by atoms with E-state index in [2.05, 4.69) is 31.0 Å². The molecule has 14 heavy (non-hydrogen) atoms. The fraction of sp³-hybridized carbons (Fsp3) is 0.583. The maximum absolute atomic E-state index is 4.33. The summed E-state index contributed by atoms with van der Waals surface area (Å²) in [5, 5.41) is 0. The van der Waals surface area contributed by atoms with Gasteiger partial charge in [-0.2, -0.15) is 0 Å². The van der Waals surface area contributed by atoms with E-state index in [1.54, 1.807) is 0 Å². The molecule has 0 aliphatic heterocycles. The van der Waals surface area contributed by atoms with E-state index < -0.39 is 0 Å². The van der Waals surface area contributed by atoms with Crippen LogP contribution in [-0.4, -0.2) is 19.1 Å². The quantitative estimate of drug-likeness (QED) is 0.718. The monoisotopic (exact) mass is 194 g/mol. The van der Waals surface area contributed by atoms with Crippen LogP contribution in [0.4, 0.5) is 5.82 Å². The molecule has 2 heteroatoms. The van der Waals surface area contributed by atoms with Crippen LogP contribution in [0.5, 0.6) is 0 Å². The number of pyridine rings is 1. The third kappa shape index (κ3) is 3.77. The summed E-state index contributed by atoms with van der Waals surface area (Å²) in [7, 11) is 3.99. The fourth-order valence-corrected chi connectivity index (χ4v) is 1.00. The van der Waals surface area contributed by atoms with E-state index in [9.17, 15) is 0 Å². The highest BCUT2D eigenvalue weighted by atomic mass is 15.1. The van der Waals surface area contributed by atoms with Crippen molar-refractivity contribution in [3.05, 3.63) is 23.9 Å². The number of hydrogen-bond acceptors (Lipinski definition) is 2. The number of rotatable bonds is 2. The largest absolute Gasteiger partial charge is 0.363 e. The normalized spacial score (nSPS) is 9.36. The smallest absolute Gasteiger partial charge is 0.127 e. The Kier molecular flexibility index (Phi) is 5.93. The van der Waals surface area contributed by atoms with Crippen molar-refractivity contribution < 1.29 is 0 Å². The number of hydrogen-bond donors (Lipinski definition) is 0. The second-order valence-electron chi connectivity index (χ2n) is 3.50. The van der Waals surface area contributed by atoms with Crippen LogP contribution in [0, 0.1) is 0 Å². The van der Waals surface area contributed by atoms with Crippen molar-refractivity contribution in [2.45, 2.75) is 33.6 Å². The van der Waals surface area contributed by atoms with Crippen LogP contribution < -0.4 is 4.90 Å². The zero-order valence-electron chi connectivity index (χ0n) is 10.2. The number of anilines is 1. The van der Waals surface area contributed by atoms with E-state index >= 15 is 0 Å². The van der Waals surface area contributed by atoms with Crippen molar-refractivity contribution in [3.8, 4) is 0 Å². The Morgan fingerprint density at radius 2 is 1.71 bits per heavy atom. The number of nitrogens with zero attached hydrogens (tertiary/aromatic N) is 2. The van der Waals surface area contributed by atoms with Crippen molar-refractivity contribution in [2.24, 2.45) is 0 Å². The third-order valence-corrected chi connectivity index (χ3v) is 1.90. The van der Waals surface area contributed by atoms with E-state index in [1.165, 1.54) is 5.56 Å². The average Bonchev–Trinajstić information content (AvgIpc) is 2.21. The molecule has 0 N–H and O–H groups in total. The summed E-state index contributed by atoms with van der Waals surface area (Å²) in [6.07, 6.45) is 1.94. The summed E-state index contributed by atoms with van der Waals surface area (Å²) in [6, 6.07) is 4.18. The molecule has 0 spiro atoms. The van der Waals surface area contributed by atoms with Gasteiger partial charge in [0.15, 0.2) is 0 Å². The van der Waals surface area contributed by atoms with Gasteiger partial charge in [0.2, 0.25) is 0 Å². The van der Waals surface area contributed by atoms with E-state index in [0.29, 0.717) is 5.92 Å². The zero-order valence-corrected chi connectivity index (χ0v) is 10.2. The Morgan fingerprint density at radius 3 is 2.00 bits per heavy atom. The maximum atomic E-state index is 4.33. The van der Waals surface area contributed by atoms with Gasteiger partial charge in [-0.15, -0.1) is 0 Å². The summed E-state index contributed by atoms with van der Waals surface area (Å²) >= 11 is 0. The molecule has 0 aromatic carbocycles. The molecule has 0 saturated heterocycles. The van der Waals surface area contributed by atoms with Crippen molar-refractivity contribution in [2.75, 3.05) is 19.0 Å². The van der Waals surface area contributed by atoms with Gasteiger partial charge < -0.3 is 4.90 Å². The van der Waals surface area contributed by atoms with Crippen LogP contribution in [0.1, 0.15) is 39.2 Å². The lowest BCUT2D eigenvalue weighted by molar-refractivity contribution is 0.856. The Balaban J connectivity index is 0.000000791. The van der Waals surface area contributed by atoms with Crippen molar-refractivity contribution in [1.82, 2.24) is 4.98 Å². The molecule has 0 aliphatic carbocycles. The van der Waals surface area contributed by atoms with Crippen molar-refractivity contribution in [1.29, 1.82) is 0 Å². The van der Waals surface area contributed by atoms with E-state index in [-0.39, 0.29) is 0 Å². The van der Waals surface area contributed by atoms with Crippen LogP contribution in [0.3, 0.4) is 0 Å². The second kappa shape index (κ2) is 6.41. The SMILES string of the molecule is CC.CC(C)c1ccc(N(C)C)nc1. The Bertz CT molecular complexity index is 210. The summed E-state index contributed by atoms with van der Waals surface area (Å²) < 4.78 is 0. The maximum Gasteiger partial charge on any atom is 0.127 e. The molecule has 1 aromatic rings. The molecule has 1 aromatic heterocycles. The fourth-order valence-electron chi connectivity index (χ4n) is 1.00. The van der Waals surface area contributed by atoms with E-state index in [0.717, 1.165) is 5.82 Å². The Morgan fingerprint density at radius 1 is 1.14 bits per heavy atom. The molecule has 0 bridgehead atoms. The molecule has 0 amide bonds. The molecule has 1 heterocycles. The van der Waals surface area contributed by atoms with Crippen LogP contribution in [0.25, 0.3) is 0 Å². The molecule has 2 nitrogen and oxygen atoms in total. The lowest BCUT2D eigenvalue weighted by Crippen LogP contribution is -2.10. The molecule has 0 unspecified atom stereocenters. The Labute approximate surface area is 88.0 Å². The van der Waals surface area contributed by atoms with Gasteiger partial charge >= 0.3 is 0 Å². The first kappa shape index (κ1) is 12.9. The predicted molar refractivity (Wildman–Crippen MR) is 64.0 cm³/mol. The minimum Gasteiger partial charge on any atom is -0.363 e. The minimum atomic E-state index is 0.564. The highest BCUT2D eigenvalue weighted by Crippen LogP contribution is 2.15. The standard InChI is InChI=1S/C10H16N2.C2H6/c1-8(2)9-5-6-10(11-7-9)12(3)4;1-2/h5-8H,1-4H3;1-2H3. The lowest BCUT2D eigenvalue weighted by atomic mass is 10.1. The van der Waals surface area contributed by atoms with Gasteiger partial charge in [0.05, 0.1) is 0 Å². The first-order chi connectivity index (χ1) is 6.61. The summed E-state index contributed by atoms with van der Waals surface area (Å²) in [5.41, 5.74) is 1.29. The highest BCUT2D eigenvalue weighted by molar-refractivity contribution is 5.37. The Hall–Kier alpha value is -1.05. The zero-order chi connectivity index (χ0) is 11.1. The van der Waals surface area contributed by atoms with Gasteiger partial charge in [0, 0.05) is 20.3 Å². The topological polar surface area (TPSA) is 16.1 Å². The molecule has 0 atom stereocenters. The minimum absolute atomic E-state index is 0.564. The molecule has 0 saturated carbocycles. The van der Waals surface area contributed by atoms with E-state index in [1.807, 2.05) is 39.0 Å². The molecule has 0 aliphatic rings. The molecule has 80 valence electrons. The average molecular weight is 194 g/mol. The molecule has 1 rings (SSSR count). The van der Waals surface area contributed by atoms with Gasteiger partial charge in [0.1, 0.15) is 5.82 Å². The molecule has 0 fully saturated rings. The van der Waals surface area contributed by atoms with Crippen LogP contribution >= 0.6 is 0 Å². The second-order valence-corrected chi connectivity index (χ2v) is 3.50. The van der Waals surface area contributed by atoms with Crippen molar-refractivity contribution in [3.63, 3.8) is 0 Å². The summed E-state index contributed by atoms with van der Waals surface area (Å²) in [4.78, 5) is 6.33. The lowest BCUT2D eigenvalue weighted by Gasteiger charge is -2.12. The summed E-state index contributed by atoms with van der Waals surface area (Å²) in [5.74, 6) is 1.58. The highest BCUT2D eigenvalue weighted by Gasteiger charge is 2.00. The molecular weight excluding hydrogens is 172 g/mol. The van der Waals surface area contributed by atoms with Crippen molar-refractivity contribution >= 4 is 5.82 Å².